The third-order valence-electron chi connectivity index (χ3n) is 6.82. The number of ether oxygens (including phenoxy) is 6. The van der Waals surface area contributed by atoms with Crippen LogP contribution in [0.4, 0.5) is 0 Å². The summed E-state index contributed by atoms with van der Waals surface area (Å²) in [7, 11) is 3.38. The van der Waals surface area contributed by atoms with Crippen LogP contribution in [0.5, 0.6) is 5.75 Å². The van der Waals surface area contributed by atoms with E-state index in [1.54, 1.807) is 28.1 Å². The molecule has 0 saturated carbocycles. The molecule has 0 spiro atoms. The lowest BCUT2D eigenvalue weighted by atomic mass is 9.93. The highest BCUT2D eigenvalue weighted by atomic mass is 16.6. The number of rotatable bonds is 17. The highest BCUT2D eigenvalue weighted by Gasteiger charge is 2.45. The summed E-state index contributed by atoms with van der Waals surface area (Å²) in [6, 6.07) is 18.1. The van der Waals surface area contributed by atoms with Gasteiger partial charge >= 0.3 is 5.97 Å². The Morgan fingerprint density at radius 1 is 1.03 bits per heavy atom. The Bertz CT molecular complexity index is 989. The smallest absolute Gasteiger partial charge is 0.333 e. The van der Waals surface area contributed by atoms with E-state index in [2.05, 4.69) is 19.1 Å². The third-order valence-corrected chi connectivity index (χ3v) is 6.82. The van der Waals surface area contributed by atoms with Crippen molar-refractivity contribution in [3.63, 3.8) is 0 Å². The van der Waals surface area contributed by atoms with Gasteiger partial charge in [-0.1, -0.05) is 49.4 Å². The zero-order valence-electron chi connectivity index (χ0n) is 23.3. The molecule has 1 fully saturated rings. The number of hydrogen-bond acceptors (Lipinski definition) is 7. The second-order valence-electron chi connectivity index (χ2n) is 9.61. The van der Waals surface area contributed by atoms with E-state index < -0.39 is 0 Å². The summed E-state index contributed by atoms with van der Waals surface area (Å²) in [5.74, 6) is 0.632. The van der Waals surface area contributed by atoms with Gasteiger partial charge in [0.05, 0.1) is 45.2 Å². The van der Waals surface area contributed by atoms with E-state index in [4.69, 9.17) is 28.4 Å². The summed E-state index contributed by atoms with van der Waals surface area (Å²) in [6.45, 7) is 7.67. The molecule has 0 aliphatic carbocycles. The molecule has 38 heavy (non-hydrogen) atoms. The quantitative estimate of drug-likeness (QED) is 0.117. The molecule has 2 aromatic rings. The van der Waals surface area contributed by atoms with Crippen molar-refractivity contribution in [2.24, 2.45) is 5.92 Å². The normalized spacial score (nSPS) is 19.4. The molecular weight excluding hydrogens is 484 g/mol. The van der Waals surface area contributed by atoms with Gasteiger partial charge in [-0.15, -0.1) is 0 Å². The minimum atomic E-state index is -0.305. The molecular formula is C31H42O7. The molecule has 1 aliphatic rings. The van der Waals surface area contributed by atoms with Gasteiger partial charge in [0.15, 0.2) is 0 Å². The summed E-state index contributed by atoms with van der Waals surface area (Å²) in [4.78, 5) is 12.0. The van der Waals surface area contributed by atoms with Gasteiger partial charge < -0.3 is 28.4 Å². The molecule has 2 aromatic carbocycles. The summed E-state index contributed by atoms with van der Waals surface area (Å²) >= 11 is 0. The molecule has 7 heteroatoms. The van der Waals surface area contributed by atoms with Gasteiger partial charge in [0.2, 0.25) is 0 Å². The maximum atomic E-state index is 12.0. The molecule has 5 atom stereocenters. The van der Waals surface area contributed by atoms with Crippen LogP contribution in [0.1, 0.15) is 44.7 Å². The maximum absolute atomic E-state index is 12.0. The molecule has 0 amide bonds. The molecule has 1 saturated heterocycles. The van der Waals surface area contributed by atoms with Gasteiger partial charge in [-0.3, -0.25) is 0 Å². The summed E-state index contributed by atoms with van der Waals surface area (Å²) in [5.41, 5.74) is 2.79. The first kappa shape index (κ1) is 29.8. The highest BCUT2D eigenvalue weighted by Crippen LogP contribution is 2.35. The minimum Gasteiger partial charge on any atom is -0.497 e. The lowest BCUT2D eigenvalue weighted by molar-refractivity contribution is -0.138. The first-order valence-corrected chi connectivity index (χ1v) is 13.3. The minimum absolute atomic E-state index is 0.0131. The fraction of sp³-hybridized carbons (Fsp3) is 0.516. The molecule has 1 aliphatic heterocycles. The third kappa shape index (κ3) is 9.55. The van der Waals surface area contributed by atoms with Crippen molar-refractivity contribution in [1.82, 2.24) is 0 Å². The largest absolute Gasteiger partial charge is 0.497 e. The summed E-state index contributed by atoms with van der Waals surface area (Å²) in [5, 5.41) is 0. The van der Waals surface area contributed by atoms with Gasteiger partial charge in [0, 0.05) is 31.6 Å². The topological polar surface area (TPSA) is 75.8 Å². The molecule has 0 radical (unpaired) electrons. The van der Waals surface area contributed by atoms with Crippen LogP contribution in [0.15, 0.2) is 66.2 Å². The molecule has 3 rings (SSSR count). The number of hydrogen-bond donors (Lipinski definition) is 0. The molecule has 7 nitrogen and oxygen atoms in total. The van der Waals surface area contributed by atoms with Crippen molar-refractivity contribution in [2.45, 2.75) is 71.2 Å². The van der Waals surface area contributed by atoms with Crippen LogP contribution in [0.2, 0.25) is 0 Å². The van der Waals surface area contributed by atoms with Gasteiger partial charge in [-0.05, 0) is 49.6 Å². The van der Waals surface area contributed by atoms with Crippen molar-refractivity contribution in [3.8, 4) is 5.75 Å². The first-order valence-electron chi connectivity index (χ1n) is 13.3. The van der Waals surface area contributed by atoms with Crippen LogP contribution in [-0.4, -0.2) is 57.8 Å². The van der Waals surface area contributed by atoms with Gasteiger partial charge in [0.25, 0.3) is 0 Å². The fourth-order valence-corrected chi connectivity index (χ4v) is 4.43. The van der Waals surface area contributed by atoms with E-state index in [-0.39, 0.29) is 36.3 Å². The van der Waals surface area contributed by atoms with Crippen LogP contribution in [0.25, 0.3) is 0 Å². The molecule has 0 unspecified atom stereocenters. The Labute approximate surface area is 227 Å². The number of carbonyl (C=O) groups is 1. The van der Waals surface area contributed by atoms with Gasteiger partial charge in [-0.25, -0.2) is 4.79 Å². The van der Waals surface area contributed by atoms with Crippen molar-refractivity contribution >= 4 is 5.97 Å². The predicted octanol–water partition coefficient (Wildman–Crippen LogP) is 5.51. The van der Waals surface area contributed by atoms with Crippen LogP contribution in [-0.2, 0) is 41.7 Å². The van der Waals surface area contributed by atoms with E-state index >= 15 is 0 Å². The Hall–Kier alpha value is -2.71. The van der Waals surface area contributed by atoms with E-state index in [0.29, 0.717) is 38.4 Å². The number of epoxide rings is 1. The second-order valence-corrected chi connectivity index (χ2v) is 9.61. The summed E-state index contributed by atoms with van der Waals surface area (Å²) < 4.78 is 34.5. The molecule has 208 valence electrons. The number of methoxy groups -OCH3 is 2. The fourth-order valence-electron chi connectivity index (χ4n) is 4.43. The Morgan fingerprint density at radius 2 is 1.74 bits per heavy atom. The Kier molecular flexibility index (Phi) is 12.3. The van der Waals surface area contributed by atoms with Crippen LogP contribution < -0.4 is 4.74 Å². The average Bonchev–Trinajstić information content (AvgIpc) is 3.71. The number of carbonyl (C=O) groups excluding carboxylic acids is 1. The van der Waals surface area contributed by atoms with Gasteiger partial charge in [0.1, 0.15) is 11.9 Å². The number of benzene rings is 2. The lowest BCUT2D eigenvalue weighted by Crippen LogP contribution is -2.31. The average molecular weight is 527 g/mol. The van der Waals surface area contributed by atoms with Crippen LogP contribution in [0.3, 0.4) is 0 Å². The summed E-state index contributed by atoms with van der Waals surface area (Å²) in [6.07, 6.45) is 3.04. The first-order chi connectivity index (χ1) is 18.4. The molecule has 1 heterocycles. The van der Waals surface area contributed by atoms with E-state index in [1.165, 1.54) is 0 Å². The van der Waals surface area contributed by atoms with Crippen LogP contribution >= 0.6 is 0 Å². The van der Waals surface area contributed by atoms with E-state index in [1.807, 2.05) is 48.5 Å². The molecule has 0 aromatic heterocycles. The number of esters is 1. The standard InChI is InChI=1S/C31H42O7/c1-6-36-31(32)22(2)18-29-30(38-29)23(3)28(34-5)19-27(16-17-35-20-24-10-8-7-9-11-24)37-21-25-12-14-26(33-4)15-13-25/h7-15,18,23,27-30H,6,16-17,19-21H2,1-5H3/b22-18+/t23-,27+,28+,29-,30-/m1/s1. The van der Waals surface area contributed by atoms with Crippen molar-refractivity contribution in [3.05, 3.63) is 77.4 Å². The van der Waals surface area contributed by atoms with Crippen LogP contribution in [0, 0.1) is 5.92 Å². The Balaban J connectivity index is 1.57. The molecule has 0 N–H and O–H groups in total. The monoisotopic (exact) mass is 526 g/mol. The zero-order valence-corrected chi connectivity index (χ0v) is 23.3. The van der Waals surface area contributed by atoms with Crippen molar-refractivity contribution in [2.75, 3.05) is 27.4 Å². The maximum Gasteiger partial charge on any atom is 0.333 e. The second kappa shape index (κ2) is 15.6. The predicted molar refractivity (Wildman–Crippen MR) is 146 cm³/mol. The highest BCUT2D eigenvalue weighted by molar-refractivity contribution is 5.87. The SMILES string of the molecule is CCOC(=O)/C(C)=C/[C@H]1O[C@@H]1[C@H](C)[C@H](C[C@H](CCOCc1ccccc1)OCc1ccc(OC)cc1)OC. The van der Waals surface area contributed by atoms with E-state index in [9.17, 15) is 4.79 Å². The Morgan fingerprint density at radius 3 is 2.39 bits per heavy atom. The van der Waals surface area contributed by atoms with Gasteiger partial charge in [-0.2, -0.15) is 0 Å². The van der Waals surface area contributed by atoms with Crippen molar-refractivity contribution < 1.29 is 33.2 Å². The van der Waals surface area contributed by atoms with E-state index in [0.717, 1.165) is 23.3 Å². The van der Waals surface area contributed by atoms with Crippen molar-refractivity contribution in [1.29, 1.82) is 0 Å². The lowest BCUT2D eigenvalue weighted by Gasteiger charge is -2.27. The zero-order chi connectivity index (χ0) is 27.3. The molecule has 0 bridgehead atoms.